The summed E-state index contributed by atoms with van der Waals surface area (Å²) in [6.07, 6.45) is 3.15. The van der Waals surface area contributed by atoms with Crippen molar-refractivity contribution in [2.24, 2.45) is 5.73 Å². The lowest BCUT2D eigenvalue weighted by atomic mass is 10.2. The minimum atomic E-state index is -0.512. The number of amides is 2. The van der Waals surface area contributed by atoms with E-state index in [-0.39, 0.29) is 5.56 Å². The summed E-state index contributed by atoms with van der Waals surface area (Å²) in [5, 5.41) is 6.05. The average molecular weight is 435 g/mol. The van der Waals surface area contributed by atoms with Crippen LogP contribution >= 0.6 is 11.6 Å². The molecule has 2 aromatic carbocycles. The highest BCUT2D eigenvalue weighted by molar-refractivity contribution is 6.35. The van der Waals surface area contributed by atoms with E-state index in [4.69, 9.17) is 17.3 Å². The molecule has 0 fully saturated rings. The molecule has 0 bridgehead atoms. The molecule has 8 nitrogen and oxygen atoms in total. The maximum atomic E-state index is 13.3. The van der Waals surface area contributed by atoms with Gasteiger partial charge in [0, 0.05) is 11.9 Å². The number of nitrogens with one attached hydrogen (secondary N) is 2. The Morgan fingerprint density at radius 1 is 1.10 bits per heavy atom. The Morgan fingerprint density at radius 3 is 2.58 bits per heavy atom. The number of pyridine rings is 1. The third-order valence-corrected chi connectivity index (χ3v) is 4.88. The van der Waals surface area contributed by atoms with Crippen molar-refractivity contribution in [2.75, 3.05) is 10.6 Å². The molecule has 0 saturated carbocycles. The Labute approximate surface area is 182 Å². The number of benzene rings is 2. The van der Waals surface area contributed by atoms with Gasteiger partial charge in [0.25, 0.3) is 5.56 Å². The van der Waals surface area contributed by atoms with Crippen molar-refractivity contribution >= 4 is 39.9 Å². The SMILES string of the molecule is C[C@H](N)c1nc2cccc(Cl)c2c(=O)n1-c1cccc(NC(=O)Nc2cccnc2)c1. The number of carbonyl (C=O) groups is 1. The number of fused-ring (bicyclic) bond motifs is 1. The van der Waals surface area contributed by atoms with E-state index in [2.05, 4.69) is 20.6 Å². The van der Waals surface area contributed by atoms with Crippen molar-refractivity contribution in [3.8, 4) is 5.69 Å². The van der Waals surface area contributed by atoms with Crippen LogP contribution in [0, 0.1) is 0 Å². The van der Waals surface area contributed by atoms with Crippen molar-refractivity contribution in [3.05, 3.63) is 88.2 Å². The van der Waals surface area contributed by atoms with Crippen molar-refractivity contribution in [2.45, 2.75) is 13.0 Å². The molecule has 156 valence electrons. The van der Waals surface area contributed by atoms with Gasteiger partial charge in [0.05, 0.1) is 39.5 Å². The van der Waals surface area contributed by atoms with Crippen LogP contribution in [-0.4, -0.2) is 20.6 Å². The normalized spacial score (nSPS) is 11.8. The van der Waals surface area contributed by atoms with E-state index in [0.29, 0.717) is 38.8 Å². The summed E-state index contributed by atoms with van der Waals surface area (Å²) < 4.78 is 1.42. The number of halogens is 1. The Kier molecular flexibility index (Phi) is 5.66. The fraction of sp³-hybridized carbons (Fsp3) is 0.0909. The molecular weight excluding hydrogens is 416 g/mol. The second-order valence-electron chi connectivity index (χ2n) is 6.90. The molecular formula is C22H19ClN6O2. The molecule has 0 unspecified atom stereocenters. The standard InChI is InChI=1S/C22H19ClN6O2/c1-13(24)20-28-18-9-3-8-17(23)19(18)21(30)29(20)16-7-2-5-14(11-16)26-22(31)27-15-6-4-10-25-12-15/h2-13H,24H2,1H3,(H2,26,27,31)/t13-/m0/s1. The predicted octanol–water partition coefficient (Wildman–Crippen LogP) is 4.10. The predicted molar refractivity (Wildman–Crippen MR) is 122 cm³/mol. The van der Waals surface area contributed by atoms with Gasteiger partial charge in [-0.2, -0.15) is 0 Å². The lowest BCUT2D eigenvalue weighted by molar-refractivity contribution is 0.262. The molecule has 2 amide bonds. The minimum Gasteiger partial charge on any atom is -0.322 e. The van der Waals surface area contributed by atoms with Gasteiger partial charge in [-0.05, 0) is 49.4 Å². The minimum absolute atomic E-state index is 0.307. The van der Waals surface area contributed by atoms with Gasteiger partial charge in [0.2, 0.25) is 0 Å². The molecule has 0 aliphatic carbocycles. The van der Waals surface area contributed by atoms with Crippen LogP contribution < -0.4 is 21.9 Å². The number of hydrogen-bond acceptors (Lipinski definition) is 5. The molecule has 2 aromatic heterocycles. The van der Waals surface area contributed by atoms with Crippen molar-refractivity contribution in [1.82, 2.24) is 14.5 Å². The first kappa shape index (κ1) is 20.5. The Bertz CT molecular complexity index is 1320. The summed E-state index contributed by atoms with van der Waals surface area (Å²) >= 11 is 6.28. The van der Waals surface area contributed by atoms with E-state index < -0.39 is 12.1 Å². The smallest absolute Gasteiger partial charge is 0.322 e. The lowest BCUT2D eigenvalue weighted by Gasteiger charge is -2.17. The molecule has 31 heavy (non-hydrogen) atoms. The zero-order valence-corrected chi connectivity index (χ0v) is 17.3. The van der Waals surface area contributed by atoms with Crippen LogP contribution in [0.15, 0.2) is 71.8 Å². The summed E-state index contributed by atoms with van der Waals surface area (Å²) in [5.74, 6) is 0.386. The van der Waals surface area contributed by atoms with Crippen LogP contribution in [0.25, 0.3) is 16.6 Å². The van der Waals surface area contributed by atoms with E-state index in [1.165, 1.54) is 10.8 Å². The van der Waals surface area contributed by atoms with Gasteiger partial charge in [-0.25, -0.2) is 9.78 Å². The van der Waals surface area contributed by atoms with Crippen LogP contribution in [0.1, 0.15) is 18.8 Å². The highest BCUT2D eigenvalue weighted by Crippen LogP contribution is 2.23. The van der Waals surface area contributed by atoms with E-state index in [1.807, 2.05) is 0 Å². The zero-order chi connectivity index (χ0) is 22.0. The Hall–Kier alpha value is -3.75. The highest BCUT2D eigenvalue weighted by Gasteiger charge is 2.17. The lowest BCUT2D eigenvalue weighted by Crippen LogP contribution is -2.28. The molecule has 0 aliphatic rings. The monoisotopic (exact) mass is 434 g/mol. The first-order valence-corrected chi connectivity index (χ1v) is 9.87. The van der Waals surface area contributed by atoms with Gasteiger partial charge in [0.1, 0.15) is 5.82 Å². The molecule has 0 saturated heterocycles. The van der Waals surface area contributed by atoms with E-state index >= 15 is 0 Å². The maximum Gasteiger partial charge on any atom is 0.323 e. The second-order valence-corrected chi connectivity index (χ2v) is 7.31. The number of urea groups is 1. The van der Waals surface area contributed by atoms with Gasteiger partial charge in [0.15, 0.2) is 0 Å². The van der Waals surface area contributed by atoms with E-state index in [0.717, 1.165) is 0 Å². The fourth-order valence-corrected chi connectivity index (χ4v) is 3.47. The number of rotatable bonds is 4. The molecule has 2 heterocycles. The Balaban J connectivity index is 1.74. The summed E-state index contributed by atoms with van der Waals surface area (Å²) in [6, 6.07) is 14.4. The number of anilines is 2. The Morgan fingerprint density at radius 2 is 1.84 bits per heavy atom. The molecule has 0 radical (unpaired) electrons. The van der Waals surface area contributed by atoms with Crippen LogP contribution in [0.3, 0.4) is 0 Å². The number of nitrogens with two attached hydrogens (primary N) is 1. The fourth-order valence-electron chi connectivity index (χ4n) is 3.21. The topological polar surface area (TPSA) is 115 Å². The summed E-state index contributed by atoms with van der Waals surface area (Å²) in [5.41, 5.74) is 7.81. The first-order valence-electron chi connectivity index (χ1n) is 9.49. The van der Waals surface area contributed by atoms with Gasteiger partial charge in [-0.15, -0.1) is 0 Å². The summed E-state index contributed by atoms with van der Waals surface area (Å²) in [4.78, 5) is 34.2. The summed E-state index contributed by atoms with van der Waals surface area (Å²) in [7, 11) is 0. The molecule has 1 atom stereocenters. The maximum absolute atomic E-state index is 13.3. The molecule has 0 aliphatic heterocycles. The van der Waals surface area contributed by atoms with Crippen molar-refractivity contribution in [3.63, 3.8) is 0 Å². The van der Waals surface area contributed by atoms with Crippen molar-refractivity contribution in [1.29, 1.82) is 0 Å². The van der Waals surface area contributed by atoms with Gasteiger partial charge in [-0.1, -0.05) is 23.7 Å². The molecule has 4 N–H and O–H groups in total. The number of nitrogens with zero attached hydrogens (tertiary/aromatic N) is 3. The third kappa shape index (κ3) is 4.25. The second kappa shape index (κ2) is 8.55. The van der Waals surface area contributed by atoms with Crippen LogP contribution in [0.2, 0.25) is 5.02 Å². The van der Waals surface area contributed by atoms with Gasteiger partial charge >= 0.3 is 6.03 Å². The highest BCUT2D eigenvalue weighted by atomic mass is 35.5. The zero-order valence-electron chi connectivity index (χ0n) is 16.5. The first-order chi connectivity index (χ1) is 14.9. The number of carbonyl (C=O) groups excluding carboxylic acids is 1. The molecule has 4 aromatic rings. The van der Waals surface area contributed by atoms with E-state index in [1.54, 1.807) is 67.7 Å². The van der Waals surface area contributed by atoms with Gasteiger partial charge in [-0.3, -0.25) is 14.3 Å². The van der Waals surface area contributed by atoms with Crippen molar-refractivity contribution < 1.29 is 4.79 Å². The van der Waals surface area contributed by atoms with Crippen LogP contribution in [-0.2, 0) is 0 Å². The molecule has 9 heteroatoms. The summed E-state index contributed by atoms with van der Waals surface area (Å²) in [6.45, 7) is 1.75. The van der Waals surface area contributed by atoms with Gasteiger partial charge < -0.3 is 16.4 Å². The molecule has 0 spiro atoms. The third-order valence-electron chi connectivity index (χ3n) is 4.56. The van der Waals surface area contributed by atoms with Crippen LogP contribution in [0.4, 0.5) is 16.2 Å². The largest absolute Gasteiger partial charge is 0.323 e. The number of hydrogen-bond donors (Lipinski definition) is 3. The van der Waals surface area contributed by atoms with E-state index in [9.17, 15) is 9.59 Å². The molecule has 4 rings (SSSR count). The average Bonchev–Trinajstić information content (AvgIpc) is 2.74. The van der Waals surface area contributed by atoms with Crippen LogP contribution in [0.5, 0.6) is 0 Å². The quantitative estimate of drug-likeness (QED) is 0.447. The number of aromatic nitrogens is 3.